The van der Waals surface area contributed by atoms with Gasteiger partial charge in [-0.3, -0.25) is 10.4 Å². The van der Waals surface area contributed by atoms with Gasteiger partial charge in [0.1, 0.15) is 0 Å². The summed E-state index contributed by atoms with van der Waals surface area (Å²) in [5.74, 6) is 5.82. The van der Waals surface area contributed by atoms with Gasteiger partial charge < -0.3 is 5.32 Å². The van der Waals surface area contributed by atoms with Crippen molar-refractivity contribution in [2.24, 2.45) is 16.8 Å². The Kier molecular flexibility index (Phi) is 5.17. The first-order valence-corrected chi connectivity index (χ1v) is 5.78. The summed E-state index contributed by atoms with van der Waals surface area (Å²) in [6, 6.07) is 4.84. The van der Waals surface area contributed by atoms with Crippen LogP contribution in [0.2, 0.25) is 0 Å². The lowest BCUT2D eigenvalue weighted by Gasteiger charge is -2.12. The molecule has 0 unspecified atom stereocenters. The van der Waals surface area contributed by atoms with Crippen LogP contribution in [0, 0.1) is 5.92 Å². The van der Waals surface area contributed by atoms with Gasteiger partial charge in [-0.2, -0.15) is 13.2 Å². The molecule has 0 atom stereocenters. The number of anilines is 1. The van der Waals surface area contributed by atoms with Gasteiger partial charge in [-0.25, -0.2) is 5.84 Å². The van der Waals surface area contributed by atoms with E-state index in [1.807, 2.05) is 13.8 Å². The van der Waals surface area contributed by atoms with E-state index < -0.39 is 11.7 Å². The molecule has 0 saturated heterocycles. The van der Waals surface area contributed by atoms with Crippen molar-refractivity contribution in [1.82, 2.24) is 5.43 Å². The molecule has 1 aromatic carbocycles. The number of benzene rings is 1. The van der Waals surface area contributed by atoms with Gasteiger partial charge in [-0.1, -0.05) is 19.9 Å². The van der Waals surface area contributed by atoms with E-state index in [9.17, 15) is 13.2 Å². The number of hydrogen-bond acceptors (Lipinski definition) is 2. The van der Waals surface area contributed by atoms with Crippen molar-refractivity contribution in [2.45, 2.75) is 20.0 Å². The van der Waals surface area contributed by atoms with E-state index in [-0.39, 0.29) is 11.6 Å². The summed E-state index contributed by atoms with van der Waals surface area (Å²) < 4.78 is 37.6. The van der Waals surface area contributed by atoms with E-state index >= 15 is 0 Å². The molecule has 0 saturated carbocycles. The fourth-order valence-corrected chi connectivity index (χ4v) is 1.31. The topological polar surface area (TPSA) is 62.4 Å². The first kappa shape index (κ1) is 15.3. The Bertz CT molecular complexity index is 441. The molecule has 0 aliphatic rings. The van der Waals surface area contributed by atoms with Gasteiger partial charge in [-0.15, -0.1) is 0 Å². The minimum Gasteiger partial charge on any atom is -0.325 e. The molecule has 0 heterocycles. The summed E-state index contributed by atoms with van der Waals surface area (Å²) in [7, 11) is 0. The smallest absolute Gasteiger partial charge is 0.325 e. The van der Waals surface area contributed by atoms with Crippen LogP contribution in [0.25, 0.3) is 0 Å². The Balaban J connectivity index is 2.83. The molecule has 19 heavy (non-hydrogen) atoms. The van der Waals surface area contributed by atoms with Crippen LogP contribution in [-0.2, 0) is 6.18 Å². The fraction of sp³-hybridized carbons (Fsp3) is 0.417. The van der Waals surface area contributed by atoms with Crippen LogP contribution in [0.5, 0.6) is 0 Å². The zero-order chi connectivity index (χ0) is 14.5. The van der Waals surface area contributed by atoms with Crippen molar-refractivity contribution in [3.8, 4) is 0 Å². The van der Waals surface area contributed by atoms with Gasteiger partial charge in [0, 0.05) is 12.2 Å². The van der Waals surface area contributed by atoms with Crippen LogP contribution in [0.1, 0.15) is 19.4 Å². The highest BCUT2D eigenvalue weighted by atomic mass is 19.4. The second kappa shape index (κ2) is 6.42. The third kappa shape index (κ3) is 5.17. The number of nitrogens with zero attached hydrogens (tertiary/aromatic N) is 1. The van der Waals surface area contributed by atoms with Gasteiger partial charge in [0.25, 0.3) is 0 Å². The van der Waals surface area contributed by atoms with E-state index in [0.29, 0.717) is 12.5 Å². The third-order valence-corrected chi connectivity index (χ3v) is 2.20. The lowest BCUT2D eigenvalue weighted by molar-refractivity contribution is -0.137. The summed E-state index contributed by atoms with van der Waals surface area (Å²) in [5, 5.41) is 2.71. The van der Waals surface area contributed by atoms with Crippen LogP contribution in [0.3, 0.4) is 0 Å². The molecule has 0 fully saturated rings. The zero-order valence-electron chi connectivity index (χ0n) is 10.8. The molecule has 0 aliphatic heterocycles. The lowest BCUT2D eigenvalue weighted by Crippen LogP contribution is -2.36. The first-order chi connectivity index (χ1) is 8.82. The molecule has 1 aromatic rings. The number of halogens is 3. The van der Waals surface area contributed by atoms with E-state index in [0.717, 1.165) is 12.1 Å². The number of nitrogens with two attached hydrogens (primary N) is 1. The Hall–Kier alpha value is -1.76. The molecule has 106 valence electrons. The maximum atomic E-state index is 12.5. The maximum absolute atomic E-state index is 12.5. The molecule has 1 rings (SSSR count). The first-order valence-electron chi connectivity index (χ1n) is 5.78. The molecule has 0 spiro atoms. The van der Waals surface area contributed by atoms with E-state index in [1.54, 1.807) is 0 Å². The Morgan fingerprint density at radius 1 is 1.37 bits per heavy atom. The monoisotopic (exact) mass is 274 g/mol. The lowest BCUT2D eigenvalue weighted by atomic mass is 10.2. The number of aliphatic imine (C=N–C) groups is 1. The summed E-state index contributed by atoms with van der Waals surface area (Å²) in [6.07, 6.45) is -4.37. The molecule has 0 bridgehead atoms. The summed E-state index contributed by atoms with van der Waals surface area (Å²) in [6.45, 7) is 4.47. The summed E-state index contributed by atoms with van der Waals surface area (Å²) in [4.78, 5) is 4.12. The van der Waals surface area contributed by atoms with Crippen molar-refractivity contribution in [2.75, 3.05) is 11.9 Å². The van der Waals surface area contributed by atoms with Crippen molar-refractivity contribution in [3.63, 3.8) is 0 Å². The van der Waals surface area contributed by atoms with Crippen LogP contribution in [0.4, 0.5) is 18.9 Å². The van der Waals surface area contributed by atoms with Crippen LogP contribution in [-0.4, -0.2) is 12.5 Å². The van der Waals surface area contributed by atoms with Crippen molar-refractivity contribution >= 4 is 11.6 Å². The van der Waals surface area contributed by atoms with Crippen molar-refractivity contribution in [3.05, 3.63) is 29.8 Å². The van der Waals surface area contributed by atoms with Gasteiger partial charge in [0.15, 0.2) is 0 Å². The third-order valence-electron chi connectivity index (χ3n) is 2.20. The highest BCUT2D eigenvalue weighted by Crippen LogP contribution is 2.30. The van der Waals surface area contributed by atoms with Crippen LogP contribution in [0.15, 0.2) is 29.3 Å². The van der Waals surface area contributed by atoms with Crippen LogP contribution < -0.4 is 16.6 Å². The number of rotatable bonds is 3. The highest BCUT2D eigenvalue weighted by molar-refractivity contribution is 5.93. The Morgan fingerprint density at radius 3 is 2.58 bits per heavy atom. The predicted octanol–water partition coefficient (Wildman–Crippen LogP) is 2.59. The molecule has 4 nitrogen and oxygen atoms in total. The molecular weight excluding hydrogens is 257 g/mol. The van der Waals surface area contributed by atoms with Gasteiger partial charge in [0.2, 0.25) is 5.96 Å². The summed E-state index contributed by atoms with van der Waals surface area (Å²) in [5.41, 5.74) is 1.87. The molecule has 0 radical (unpaired) electrons. The highest BCUT2D eigenvalue weighted by Gasteiger charge is 2.30. The standard InChI is InChI=1S/C12H17F3N4/c1-8(2)7-17-11(19-16)18-10-5-3-4-9(6-10)12(13,14)15/h3-6,8H,7,16H2,1-2H3,(H2,17,18,19). The van der Waals surface area contributed by atoms with Crippen molar-refractivity contribution < 1.29 is 13.2 Å². The number of alkyl halides is 3. The van der Waals surface area contributed by atoms with Crippen LogP contribution >= 0.6 is 0 Å². The minimum absolute atomic E-state index is 0.230. The second-order valence-electron chi connectivity index (χ2n) is 4.43. The largest absolute Gasteiger partial charge is 0.416 e. The molecule has 0 aromatic heterocycles. The van der Waals surface area contributed by atoms with Crippen molar-refractivity contribution in [1.29, 1.82) is 0 Å². The number of hydrazine groups is 1. The Labute approximate surface area is 109 Å². The minimum atomic E-state index is -4.37. The normalized spacial score (nSPS) is 12.7. The second-order valence-corrected chi connectivity index (χ2v) is 4.43. The SMILES string of the molecule is CC(C)CN=C(NN)Nc1cccc(C(F)(F)F)c1. The van der Waals surface area contributed by atoms with Gasteiger partial charge in [0.05, 0.1) is 5.56 Å². The number of nitrogens with one attached hydrogen (secondary N) is 2. The van der Waals surface area contributed by atoms with Gasteiger partial charge in [-0.05, 0) is 24.1 Å². The average molecular weight is 274 g/mol. The Morgan fingerprint density at radius 2 is 2.05 bits per heavy atom. The molecule has 0 amide bonds. The molecule has 0 aliphatic carbocycles. The zero-order valence-corrected chi connectivity index (χ0v) is 10.8. The molecular formula is C12H17F3N4. The molecule has 4 N–H and O–H groups in total. The predicted molar refractivity (Wildman–Crippen MR) is 69.5 cm³/mol. The number of guanidine groups is 1. The molecule has 7 heteroatoms. The van der Waals surface area contributed by atoms with E-state index in [4.69, 9.17) is 5.84 Å². The maximum Gasteiger partial charge on any atom is 0.416 e. The fourth-order valence-electron chi connectivity index (χ4n) is 1.31. The van der Waals surface area contributed by atoms with Gasteiger partial charge >= 0.3 is 6.18 Å². The van der Waals surface area contributed by atoms with E-state index in [1.165, 1.54) is 12.1 Å². The summed E-state index contributed by atoms with van der Waals surface area (Å²) >= 11 is 0. The quantitative estimate of drug-likeness (QED) is 0.343. The number of hydrogen-bond donors (Lipinski definition) is 3. The van der Waals surface area contributed by atoms with E-state index in [2.05, 4.69) is 15.7 Å². The average Bonchev–Trinajstić information content (AvgIpc) is 2.33.